The molecule has 1 aliphatic heterocycles. The summed E-state index contributed by atoms with van der Waals surface area (Å²) < 4.78 is 10.9. The minimum Gasteiger partial charge on any atom is -0.478 e. The van der Waals surface area contributed by atoms with Crippen molar-refractivity contribution in [1.82, 2.24) is 14.9 Å². The molecule has 0 radical (unpaired) electrons. The summed E-state index contributed by atoms with van der Waals surface area (Å²) in [4.78, 5) is 34.5. The highest BCUT2D eigenvalue weighted by atomic mass is 16.5. The number of morpholine rings is 1. The number of carbonyl (C=O) groups is 1. The number of carboxylic acid groups (broad SMARTS) is 1. The van der Waals surface area contributed by atoms with Gasteiger partial charge in [-0.2, -0.15) is 4.98 Å². The zero-order valence-electron chi connectivity index (χ0n) is 14.5. The van der Waals surface area contributed by atoms with Crippen LogP contribution in [0.25, 0.3) is 22.2 Å². The first-order valence-electron chi connectivity index (χ1n) is 8.58. The van der Waals surface area contributed by atoms with Gasteiger partial charge in [0, 0.05) is 25.8 Å². The number of ether oxygens (including phenoxy) is 1. The lowest BCUT2D eigenvalue weighted by Crippen LogP contribution is -2.37. The van der Waals surface area contributed by atoms with Crippen molar-refractivity contribution < 1.29 is 19.1 Å². The van der Waals surface area contributed by atoms with Gasteiger partial charge < -0.3 is 20.0 Å². The summed E-state index contributed by atoms with van der Waals surface area (Å²) in [5.74, 6) is -1.46. The largest absolute Gasteiger partial charge is 0.478 e. The van der Waals surface area contributed by atoms with Gasteiger partial charge >= 0.3 is 5.97 Å². The van der Waals surface area contributed by atoms with Crippen LogP contribution in [-0.4, -0.2) is 58.8 Å². The van der Waals surface area contributed by atoms with Crippen molar-refractivity contribution in [3.63, 3.8) is 0 Å². The van der Waals surface area contributed by atoms with Crippen LogP contribution in [0.3, 0.4) is 0 Å². The van der Waals surface area contributed by atoms with E-state index >= 15 is 0 Å². The second-order valence-corrected chi connectivity index (χ2v) is 6.41. The first-order chi connectivity index (χ1) is 13.0. The fraction of sp³-hybridized carbons (Fsp3) is 0.333. The lowest BCUT2D eigenvalue weighted by atomic mass is 10.1. The molecule has 27 heavy (non-hydrogen) atoms. The van der Waals surface area contributed by atoms with Gasteiger partial charge in [0.25, 0.3) is 0 Å². The zero-order chi connectivity index (χ0) is 19.0. The molecule has 140 valence electrons. The summed E-state index contributed by atoms with van der Waals surface area (Å²) in [5.41, 5.74) is 6.06. The molecule has 3 aromatic rings. The Balaban J connectivity index is 1.72. The minimum absolute atomic E-state index is 0.0245. The molecule has 0 atom stereocenters. The molecule has 0 bridgehead atoms. The second kappa shape index (κ2) is 6.93. The number of rotatable bonds is 4. The normalized spacial score (nSPS) is 15.4. The van der Waals surface area contributed by atoms with Crippen molar-refractivity contribution in [3.05, 3.63) is 39.7 Å². The van der Waals surface area contributed by atoms with Gasteiger partial charge in [-0.3, -0.25) is 9.69 Å². The Morgan fingerprint density at radius 3 is 2.70 bits per heavy atom. The molecule has 0 unspecified atom stereocenters. The second-order valence-electron chi connectivity index (χ2n) is 6.41. The van der Waals surface area contributed by atoms with Crippen LogP contribution in [0.1, 0.15) is 15.9 Å². The number of hydrogen-bond acceptors (Lipinski definition) is 8. The third kappa shape index (κ3) is 3.34. The van der Waals surface area contributed by atoms with E-state index in [2.05, 4.69) is 14.9 Å². The maximum atomic E-state index is 12.8. The van der Waals surface area contributed by atoms with Crippen LogP contribution >= 0.6 is 0 Å². The maximum Gasteiger partial charge on any atom is 0.339 e. The predicted octanol–water partition coefficient (Wildman–Crippen LogP) is 0.891. The third-order valence-corrected chi connectivity index (χ3v) is 4.66. The van der Waals surface area contributed by atoms with E-state index in [1.165, 1.54) is 6.07 Å². The summed E-state index contributed by atoms with van der Waals surface area (Å²) in [6.45, 7) is 4.08. The molecule has 0 aliphatic carbocycles. The van der Waals surface area contributed by atoms with Crippen LogP contribution < -0.4 is 11.2 Å². The van der Waals surface area contributed by atoms with Gasteiger partial charge in [0.1, 0.15) is 11.4 Å². The average Bonchev–Trinajstić information content (AvgIpc) is 2.67. The van der Waals surface area contributed by atoms with E-state index in [9.17, 15) is 14.7 Å². The van der Waals surface area contributed by atoms with Crippen molar-refractivity contribution >= 4 is 34.0 Å². The number of aromatic nitrogens is 2. The molecule has 4 rings (SSSR count). The molecule has 0 spiro atoms. The Morgan fingerprint density at radius 1 is 1.22 bits per heavy atom. The molecule has 1 saturated heterocycles. The van der Waals surface area contributed by atoms with Gasteiger partial charge in [-0.05, 0) is 24.1 Å². The molecule has 0 saturated carbocycles. The summed E-state index contributed by atoms with van der Waals surface area (Å²) in [6.07, 6.45) is 2.41. The third-order valence-electron chi connectivity index (χ3n) is 4.66. The highest BCUT2D eigenvalue weighted by molar-refractivity contribution is 5.98. The number of fused-ring (bicyclic) bond motifs is 2. The quantitative estimate of drug-likeness (QED) is 0.643. The minimum atomic E-state index is -1.25. The topological polar surface area (TPSA) is 132 Å². The first kappa shape index (κ1) is 17.4. The van der Waals surface area contributed by atoms with Gasteiger partial charge in [-0.1, -0.05) is 0 Å². The number of nitrogens with two attached hydrogens (primary N) is 1. The summed E-state index contributed by atoms with van der Waals surface area (Å²) in [6, 6.07) is 2.94. The fourth-order valence-corrected chi connectivity index (χ4v) is 3.15. The molecule has 1 fully saturated rings. The van der Waals surface area contributed by atoms with E-state index in [1.807, 2.05) is 0 Å². The monoisotopic (exact) mass is 370 g/mol. The SMILES string of the molecule is Nc1nc2oc3ncc(CCN4CCOCC4)cc3c(=O)c2cc1C(=O)O. The summed E-state index contributed by atoms with van der Waals surface area (Å²) >= 11 is 0. The van der Waals surface area contributed by atoms with Crippen molar-refractivity contribution in [2.75, 3.05) is 38.6 Å². The Labute approximate surface area is 153 Å². The number of carboxylic acids is 1. The average molecular weight is 370 g/mol. The van der Waals surface area contributed by atoms with E-state index in [0.29, 0.717) is 5.39 Å². The molecule has 0 aromatic carbocycles. The predicted molar refractivity (Wildman–Crippen MR) is 97.9 cm³/mol. The van der Waals surface area contributed by atoms with E-state index in [-0.39, 0.29) is 33.6 Å². The molecule has 3 aromatic heterocycles. The van der Waals surface area contributed by atoms with Crippen LogP contribution in [0.2, 0.25) is 0 Å². The van der Waals surface area contributed by atoms with E-state index in [1.54, 1.807) is 12.3 Å². The van der Waals surface area contributed by atoms with Crippen molar-refractivity contribution in [3.8, 4) is 0 Å². The first-order valence-corrected chi connectivity index (χ1v) is 8.58. The Hall–Kier alpha value is -3.04. The van der Waals surface area contributed by atoms with Gasteiger partial charge in [0.2, 0.25) is 16.9 Å². The lowest BCUT2D eigenvalue weighted by molar-refractivity contribution is 0.0384. The summed E-state index contributed by atoms with van der Waals surface area (Å²) in [5, 5.41) is 9.56. The van der Waals surface area contributed by atoms with Crippen LogP contribution in [-0.2, 0) is 11.2 Å². The standard InChI is InChI=1S/C18H18N4O5/c19-15-13(18(24)25)8-12-14(23)11-7-10(1-2-22-3-5-26-6-4-22)9-20-16(11)27-17(12)21-15/h7-9H,1-6H2,(H2,19,21)(H,24,25). The highest BCUT2D eigenvalue weighted by Gasteiger charge is 2.17. The molecule has 3 N–H and O–H groups in total. The number of hydrogen-bond donors (Lipinski definition) is 2. The van der Waals surface area contributed by atoms with Gasteiger partial charge in [0.05, 0.1) is 24.0 Å². The van der Waals surface area contributed by atoms with Crippen molar-refractivity contribution in [2.24, 2.45) is 0 Å². The van der Waals surface area contributed by atoms with Crippen molar-refractivity contribution in [1.29, 1.82) is 0 Å². The van der Waals surface area contributed by atoms with Crippen LogP contribution in [0.15, 0.2) is 27.5 Å². The molecular formula is C18H18N4O5. The lowest BCUT2D eigenvalue weighted by Gasteiger charge is -2.26. The molecule has 9 heteroatoms. The molecular weight excluding hydrogens is 352 g/mol. The Bertz CT molecular complexity index is 1090. The van der Waals surface area contributed by atoms with Crippen LogP contribution in [0.4, 0.5) is 5.82 Å². The van der Waals surface area contributed by atoms with Crippen molar-refractivity contribution in [2.45, 2.75) is 6.42 Å². The van der Waals surface area contributed by atoms with E-state index in [0.717, 1.165) is 44.8 Å². The highest BCUT2D eigenvalue weighted by Crippen LogP contribution is 2.20. The van der Waals surface area contributed by atoms with Gasteiger partial charge in [-0.15, -0.1) is 0 Å². The summed E-state index contributed by atoms with van der Waals surface area (Å²) in [7, 11) is 0. The number of pyridine rings is 2. The maximum absolute atomic E-state index is 12.8. The van der Waals surface area contributed by atoms with E-state index < -0.39 is 5.97 Å². The number of nitrogens with zero attached hydrogens (tertiary/aromatic N) is 3. The van der Waals surface area contributed by atoms with Crippen LogP contribution in [0, 0.1) is 0 Å². The fourth-order valence-electron chi connectivity index (χ4n) is 3.15. The Kier molecular flexibility index (Phi) is 4.46. The molecule has 9 nitrogen and oxygen atoms in total. The number of nitrogen functional groups attached to an aromatic ring is 1. The number of anilines is 1. The van der Waals surface area contributed by atoms with E-state index in [4.69, 9.17) is 14.9 Å². The smallest absolute Gasteiger partial charge is 0.339 e. The van der Waals surface area contributed by atoms with Gasteiger partial charge in [0.15, 0.2) is 0 Å². The van der Waals surface area contributed by atoms with Gasteiger partial charge in [-0.25, -0.2) is 9.78 Å². The van der Waals surface area contributed by atoms with Crippen LogP contribution in [0.5, 0.6) is 0 Å². The molecule has 1 aliphatic rings. The molecule has 0 amide bonds. The number of aromatic carboxylic acids is 1. The zero-order valence-corrected chi connectivity index (χ0v) is 14.5. The Morgan fingerprint density at radius 2 is 1.96 bits per heavy atom. The molecule has 4 heterocycles.